The maximum atomic E-state index is 13.1. The van der Waals surface area contributed by atoms with Crippen LogP contribution in [0.2, 0.25) is 0 Å². The highest BCUT2D eigenvalue weighted by molar-refractivity contribution is 8.14. The molecule has 5 nitrogen and oxygen atoms in total. The second-order valence-electron chi connectivity index (χ2n) is 8.07. The number of carbonyl (C=O) groups excluding carboxylic acids is 1. The Balaban J connectivity index is 1.58. The smallest absolute Gasteiger partial charge is 0.230 e. The molecule has 1 fully saturated rings. The van der Waals surface area contributed by atoms with E-state index in [1.165, 1.54) is 0 Å². The van der Waals surface area contributed by atoms with Crippen LogP contribution in [0.5, 0.6) is 11.5 Å². The van der Waals surface area contributed by atoms with Gasteiger partial charge in [-0.25, -0.2) is 4.99 Å². The lowest BCUT2D eigenvalue weighted by atomic mass is 9.89. The summed E-state index contributed by atoms with van der Waals surface area (Å²) in [6.45, 7) is 0.548. The first kappa shape index (κ1) is 19.4. The molecule has 0 bridgehead atoms. The van der Waals surface area contributed by atoms with E-state index in [9.17, 15) is 4.79 Å². The fourth-order valence-corrected chi connectivity index (χ4v) is 5.75. The number of hydrogen-bond acceptors (Lipinski definition) is 5. The number of carbonyl (C=O) groups is 1. The van der Waals surface area contributed by atoms with Gasteiger partial charge < -0.3 is 9.47 Å². The van der Waals surface area contributed by atoms with Gasteiger partial charge in [0.05, 0.1) is 25.5 Å². The van der Waals surface area contributed by atoms with Gasteiger partial charge in [0.1, 0.15) is 11.5 Å². The van der Waals surface area contributed by atoms with Crippen LogP contribution in [0.4, 0.5) is 0 Å². The maximum absolute atomic E-state index is 13.1. The van der Waals surface area contributed by atoms with Crippen molar-refractivity contribution < 1.29 is 14.3 Å². The molecule has 1 amide bonds. The van der Waals surface area contributed by atoms with E-state index in [4.69, 9.17) is 14.5 Å². The van der Waals surface area contributed by atoms with Gasteiger partial charge in [0, 0.05) is 29.5 Å². The summed E-state index contributed by atoms with van der Waals surface area (Å²) in [5.74, 6) is 2.56. The SMILES string of the molecule is COc1ccc(C2C3=C(N=C4SCCC(=O)N42)c2ccc4ccccc4c2OCC3)cc1. The summed E-state index contributed by atoms with van der Waals surface area (Å²) in [5, 5.41) is 3.02. The summed E-state index contributed by atoms with van der Waals surface area (Å²) >= 11 is 1.65. The average Bonchev–Trinajstić information content (AvgIpc) is 3.02. The number of ether oxygens (including phenoxy) is 2. The van der Waals surface area contributed by atoms with Crippen LogP contribution in [0.3, 0.4) is 0 Å². The summed E-state index contributed by atoms with van der Waals surface area (Å²) in [7, 11) is 1.66. The molecule has 32 heavy (non-hydrogen) atoms. The minimum absolute atomic E-state index is 0.124. The Labute approximate surface area is 190 Å². The van der Waals surface area contributed by atoms with Crippen molar-refractivity contribution in [3.05, 3.63) is 77.4 Å². The Bertz CT molecular complexity index is 1300. The monoisotopic (exact) mass is 442 g/mol. The van der Waals surface area contributed by atoms with E-state index >= 15 is 0 Å². The molecule has 0 aliphatic carbocycles. The van der Waals surface area contributed by atoms with Gasteiger partial charge in [-0.1, -0.05) is 54.2 Å². The van der Waals surface area contributed by atoms with Crippen LogP contribution in [-0.2, 0) is 4.79 Å². The Morgan fingerprint density at radius 3 is 2.75 bits per heavy atom. The highest BCUT2D eigenvalue weighted by Crippen LogP contribution is 2.48. The molecule has 160 valence electrons. The summed E-state index contributed by atoms with van der Waals surface area (Å²) in [5.41, 5.74) is 4.13. The third-order valence-electron chi connectivity index (χ3n) is 6.31. The Hall–Kier alpha value is -3.25. The van der Waals surface area contributed by atoms with E-state index in [-0.39, 0.29) is 11.9 Å². The van der Waals surface area contributed by atoms with Gasteiger partial charge in [0.25, 0.3) is 0 Å². The molecule has 3 aromatic rings. The molecule has 1 atom stereocenters. The van der Waals surface area contributed by atoms with E-state index in [1.54, 1.807) is 18.9 Å². The number of hydrogen-bond donors (Lipinski definition) is 0. The molecule has 0 saturated carbocycles. The standard InChI is InChI=1S/C26H22N2O3S/c1-30-18-9-6-17(7-10-18)24-20-12-14-31-25-19-5-3-2-4-16(19)8-11-21(25)23(20)27-26-28(24)22(29)13-15-32-26/h2-11,24H,12-15H2,1H3. The first-order valence-corrected chi connectivity index (χ1v) is 11.8. The van der Waals surface area contributed by atoms with E-state index in [0.29, 0.717) is 19.4 Å². The lowest BCUT2D eigenvalue weighted by molar-refractivity contribution is -0.128. The van der Waals surface area contributed by atoms with Gasteiger partial charge >= 0.3 is 0 Å². The fraction of sp³-hybridized carbons (Fsp3) is 0.231. The number of nitrogens with zero attached hydrogens (tertiary/aromatic N) is 2. The molecule has 0 N–H and O–H groups in total. The molecule has 6 heteroatoms. The number of thioether (sulfide) groups is 1. The van der Waals surface area contributed by atoms with Crippen molar-refractivity contribution in [2.75, 3.05) is 19.5 Å². The van der Waals surface area contributed by atoms with Crippen molar-refractivity contribution in [3.8, 4) is 11.5 Å². The van der Waals surface area contributed by atoms with Gasteiger partial charge in [-0.3, -0.25) is 9.69 Å². The Kier molecular flexibility index (Phi) is 4.68. The van der Waals surface area contributed by atoms with E-state index in [1.807, 2.05) is 29.2 Å². The molecule has 6 rings (SSSR count). The molecule has 1 saturated heterocycles. The minimum Gasteiger partial charge on any atom is -0.497 e. The number of rotatable bonds is 2. The minimum atomic E-state index is -0.190. The predicted molar refractivity (Wildman–Crippen MR) is 128 cm³/mol. The Morgan fingerprint density at radius 1 is 1.06 bits per heavy atom. The van der Waals surface area contributed by atoms with E-state index in [2.05, 4.69) is 36.4 Å². The number of methoxy groups -OCH3 is 1. The van der Waals surface area contributed by atoms with E-state index < -0.39 is 0 Å². The fourth-order valence-electron chi connectivity index (χ4n) is 4.79. The summed E-state index contributed by atoms with van der Waals surface area (Å²) in [6.07, 6.45) is 1.23. The first-order valence-electron chi connectivity index (χ1n) is 10.8. The van der Waals surface area contributed by atoms with Gasteiger partial charge in [0.15, 0.2) is 5.17 Å². The molecule has 3 heterocycles. The molecule has 0 aromatic heterocycles. The third kappa shape index (κ3) is 3.01. The number of fused-ring (bicyclic) bond motifs is 5. The summed E-state index contributed by atoms with van der Waals surface area (Å²) in [6, 6.07) is 20.3. The van der Waals surface area contributed by atoms with Crippen molar-refractivity contribution in [1.82, 2.24) is 4.90 Å². The van der Waals surface area contributed by atoms with Crippen LogP contribution in [0.15, 0.2) is 71.2 Å². The van der Waals surface area contributed by atoms with Crippen LogP contribution < -0.4 is 9.47 Å². The number of aliphatic imine (C=N–C) groups is 1. The van der Waals surface area contributed by atoms with Crippen LogP contribution in [-0.4, -0.2) is 35.4 Å². The number of amidine groups is 1. The molecular formula is C26H22N2O3S. The Morgan fingerprint density at radius 2 is 1.91 bits per heavy atom. The van der Waals surface area contributed by atoms with Crippen molar-refractivity contribution in [1.29, 1.82) is 0 Å². The lowest BCUT2D eigenvalue weighted by Crippen LogP contribution is -2.44. The number of amides is 1. The van der Waals surface area contributed by atoms with Gasteiger partial charge in [-0.2, -0.15) is 0 Å². The summed E-state index contributed by atoms with van der Waals surface area (Å²) < 4.78 is 11.7. The predicted octanol–water partition coefficient (Wildman–Crippen LogP) is 5.42. The molecular weight excluding hydrogens is 420 g/mol. The topological polar surface area (TPSA) is 51.1 Å². The van der Waals surface area contributed by atoms with Gasteiger partial charge in [0.2, 0.25) is 5.91 Å². The van der Waals surface area contributed by atoms with Crippen LogP contribution in [0.1, 0.15) is 30.0 Å². The van der Waals surface area contributed by atoms with Crippen LogP contribution in [0.25, 0.3) is 16.5 Å². The normalized spacial score (nSPS) is 20.0. The van der Waals surface area contributed by atoms with Crippen molar-refractivity contribution in [2.24, 2.45) is 4.99 Å². The highest BCUT2D eigenvalue weighted by atomic mass is 32.2. The van der Waals surface area contributed by atoms with Gasteiger partial charge in [-0.05, 0) is 34.7 Å². The molecule has 0 spiro atoms. The zero-order valence-corrected chi connectivity index (χ0v) is 18.5. The third-order valence-corrected chi connectivity index (χ3v) is 7.26. The van der Waals surface area contributed by atoms with Crippen LogP contribution in [0, 0.1) is 0 Å². The average molecular weight is 443 g/mol. The lowest BCUT2D eigenvalue weighted by Gasteiger charge is -2.40. The van der Waals surface area contributed by atoms with Crippen molar-refractivity contribution in [2.45, 2.75) is 18.9 Å². The zero-order valence-electron chi connectivity index (χ0n) is 17.7. The van der Waals surface area contributed by atoms with Crippen LogP contribution >= 0.6 is 11.8 Å². The van der Waals surface area contributed by atoms with Crippen molar-refractivity contribution in [3.63, 3.8) is 0 Å². The molecule has 1 unspecified atom stereocenters. The summed E-state index contributed by atoms with van der Waals surface area (Å²) in [4.78, 5) is 20.0. The molecule has 0 radical (unpaired) electrons. The zero-order chi connectivity index (χ0) is 21.7. The highest BCUT2D eigenvalue weighted by Gasteiger charge is 2.40. The maximum Gasteiger partial charge on any atom is 0.230 e. The number of benzene rings is 3. The molecule has 3 aliphatic heterocycles. The quantitative estimate of drug-likeness (QED) is 0.532. The van der Waals surface area contributed by atoms with Gasteiger partial charge in [-0.15, -0.1) is 0 Å². The van der Waals surface area contributed by atoms with Crippen molar-refractivity contribution >= 4 is 39.3 Å². The second-order valence-corrected chi connectivity index (χ2v) is 9.13. The first-order chi connectivity index (χ1) is 15.7. The molecule has 3 aliphatic rings. The van der Waals surface area contributed by atoms with E-state index in [0.717, 1.165) is 55.6 Å². The second kappa shape index (κ2) is 7.71. The largest absolute Gasteiger partial charge is 0.497 e. The molecule has 3 aromatic carbocycles.